The number of hydrogen-bond acceptors (Lipinski definition) is 6. The van der Waals surface area contributed by atoms with Crippen molar-refractivity contribution in [2.75, 3.05) is 7.11 Å². The minimum atomic E-state index is -4.87. The minimum absolute atomic E-state index is 0.786. The second-order valence-electron chi connectivity index (χ2n) is 1.78. The van der Waals surface area contributed by atoms with Gasteiger partial charge in [-0.1, -0.05) is 0 Å². The maximum Gasteiger partial charge on any atom is 0.538 e. The van der Waals surface area contributed by atoms with Crippen molar-refractivity contribution in [2.45, 2.75) is 6.92 Å². The summed E-state index contributed by atoms with van der Waals surface area (Å²) in [5.41, 5.74) is 0. The fourth-order valence-electron chi connectivity index (χ4n) is 0.343. The van der Waals surface area contributed by atoms with E-state index in [-0.39, 0.29) is 0 Å². The largest absolute Gasteiger partial charge is 0.538 e. The van der Waals surface area contributed by atoms with Crippen LogP contribution in [0.25, 0.3) is 0 Å². The van der Waals surface area contributed by atoms with E-state index in [0.29, 0.717) is 0 Å². The fourth-order valence-corrected chi connectivity index (χ4v) is 2.11. The molecule has 0 aliphatic carbocycles. The molecule has 2 unspecified atom stereocenters. The molecule has 0 aromatic rings. The second-order valence-corrected chi connectivity index (χ2v) is 4.86. The van der Waals surface area contributed by atoms with Crippen LogP contribution in [0.15, 0.2) is 0 Å². The molecule has 2 atom stereocenters. The molecule has 0 aromatic heterocycles. The number of rotatable bonds is 4. The Balaban J connectivity index is 4.43. The number of hydrogen-bond donors (Lipinski definition) is 2. The van der Waals surface area contributed by atoms with Gasteiger partial charge in [-0.2, -0.15) is 4.31 Å². The molecule has 0 rings (SSSR count). The van der Waals surface area contributed by atoms with Crippen molar-refractivity contribution in [3.05, 3.63) is 0 Å². The van der Waals surface area contributed by atoms with E-state index in [0.717, 1.165) is 14.0 Å². The Hall–Kier alpha value is -0.230. The first-order valence-electron chi connectivity index (χ1n) is 2.81. The van der Waals surface area contributed by atoms with Crippen molar-refractivity contribution >= 4 is 21.6 Å². The first kappa shape index (κ1) is 12.8. The van der Waals surface area contributed by atoms with Gasteiger partial charge < -0.3 is 9.42 Å². The van der Waals surface area contributed by atoms with Gasteiger partial charge in [-0.05, 0) is 0 Å². The summed E-state index contributed by atoms with van der Waals surface area (Å²) in [6.07, 6.45) is 0. The summed E-state index contributed by atoms with van der Waals surface area (Å²) >= 11 is 0. The third kappa shape index (κ3) is 5.93. The Morgan fingerprint density at radius 1 is 1.23 bits per heavy atom. The van der Waals surface area contributed by atoms with Crippen LogP contribution in [0.5, 0.6) is 0 Å². The Labute approximate surface area is 73.7 Å². The van der Waals surface area contributed by atoms with Crippen LogP contribution in [0, 0.1) is 0 Å². The highest BCUT2D eigenvalue weighted by atomic mass is 31.3. The monoisotopic (exact) mass is 234 g/mol. The van der Waals surface area contributed by atoms with Crippen LogP contribution in [0.2, 0.25) is 0 Å². The zero-order valence-corrected chi connectivity index (χ0v) is 8.53. The Bertz CT molecular complexity index is 283. The van der Waals surface area contributed by atoms with E-state index in [1.165, 1.54) is 0 Å². The zero-order chi connectivity index (χ0) is 10.7. The summed E-state index contributed by atoms with van der Waals surface area (Å²) in [5, 5.41) is 0. The van der Waals surface area contributed by atoms with Crippen molar-refractivity contribution in [1.29, 1.82) is 0 Å². The van der Waals surface area contributed by atoms with Gasteiger partial charge in [0.15, 0.2) is 0 Å². The van der Waals surface area contributed by atoms with E-state index in [1.807, 2.05) is 0 Å². The normalized spacial score (nSPS) is 20.0. The Kier molecular flexibility index (Phi) is 4.25. The topological polar surface area (TPSA) is 119 Å². The van der Waals surface area contributed by atoms with E-state index in [4.69, 9.17) is 9.79 Å². The molecule has 0 fully saturated rings. The molecule has 8 nitrogen and oxygen atoms in total. The first-order valence-corrected chi connectivity index (χ1v) is 5.80. The van der Waals surface area contributed by atoms with Gasteiger partial charge in [0.2, 0.25) is 0 Å². The maximum absolute atomic E-state index is 10.7. The van der Waals surface area contributed by atoms with Crippen LogP contribution in [0.4, 0.5) is 0 Å². The molecule has 10 heteroatoms. The van der Waals surface area contributed by atoms with Gasteiger partial charge in [0.1, 0.15) is 0 Å². The lowest BCUT2D eigenvalue weighted by atomic mass is 10.9. The predicted octanol–water partition coefficient (Wildman–Crippen LogP) is 0.413. The molecule has 0 saturated carbocycles. The molecule has 0 aromatic carbocycles. The SMILES string of the molecule is COP(=O)(O)OP(=O)(O)OC(C)=O. The Morgan fingerprint density at radius 2 is 1.69 bits per heavy atom. The fraction of sp³-hybridized carbons (Fsp3) is 0.667. The van der Waals surface area contributed by atoms with Crippen LogP contribution in [0.1, 0.15) is 6.92 Å². The summed E-state index contributed by atoms with van der Waals surface area (Å²) in [6, 6.07) is 0. The number of carbonyl (C=O) groups excluding carboxylic acids is 1. The van der Waals surface area contributed by atoms with Crippen molar-refractivity contribution < 1.29 is 37.1 Å². The molecular weight excluding hydrogens is 226 g/mol. The number of phosphoric ester groups is 2. The highest BCUT2D eigenvalue weighted by molar-refractivity contribution is 7.61. The lowest BCUT2D eigenvalue weighted by Gasteiger charge is -2.12. The quantitative estimate of drug-likeness (QED) is 0.671. The summed E-state index contributed by atoms with van der Waals surface area (Å²) in [6.45, 7) is 0.835. The van der Waals surface area contributed by atoms with Crippen molar-refractivity contribution in [1.82, 2.24) is 0 Å². The minimum Gasteiger partial charge on any atom is -0.371 e. The van der Waals surface area contributed by atoms with E-state index >= 15 is 0 Å². The lowest BCUT2D eigenvalue weighted by Crippen LogP contribution is -1.99. The third-order valence-corrected chi connectivity index (χ3v) is 3.28. The van der Waals surface area contributed by atoms with Gasteiger partial charge in [0.25, 0.3) is 0 Å². The molecule has 0 radical (unpaired) electrons. The molecule has 13 heavy (non-hydrogen) atoms. The molecule has 0 aliphatic heterocycles. The highest BCUT2D eigenvalue weighted by Crippen LogP contribution is 2.59. The lowest BCUT2D eigenvalue weighted by molar-refractivity contribution is -0.133. The van der Waals surface area contributed by atoms with E-state index in [1.54, 1.807) is 0 Å². The molecule has 0 amide bonds. The van der Waals surface area contributed by atoms with Crippen molar-refractivity contribution in [3.8, 4) is 0 Å². The molecule has 0 bridgehead atoms. The molecule has 0 spiro atoms. The van der Waals surface area contributed by atoms with Gasteiger partial charge in [-0.3, -0.25) is 14.2 Å². The number of phosphoric acid groups is 2. The van der Waals surface area contributed by atoms with Crippen molar-refractivity contribution in [3.63, 3.8) is 0 Å². The molecule has 0 heterocycles. The van der Waals surface area contributed by atoms with Crippen LogP contribution in [-0.2, 0) is 27.3 Å². The molecule has 2 N–H and O–H groups in total. The van der Waals surface area contributed by atoms with Gasteiger partial charge in [-0.25, -0.2) is 9.13 Å². The second kappa shape index (κ2) is 4.32. The average molecular weight is 234 g/mol. The summed E-state index contributed by atoms with van der Waals surface area (Å²) in [7, 11) is -8.73. The highest BCUT2D eigenvalue weighted by Gasteiger charge is 2.36. The Morgan fingerprint density at radius 3 is 2.00 bits per heavy atom. The van der Waals surface area contributed by atoms with Gasteiger partial charge in [0, 0.05) is 14.0 Å². The molecule has 0 saturated heterocycles. The predicted molar refractivity (Wildman–Crippen MR) is 39.5 cm³/mol. The molecular formula is C3H8O8P2. The van der Waals surface area contributed by atoms with Crippen LogP contribution < -0.4 is 0 Å². The first-order chi connectivity index (χ1) is 5.68. The van der Waals surface area contributed by atoms with Gasteiger partial charge in [-0.15, -0.1) is 0 Å². The summed E-state index contributed by atoms with van der Waals surface area (Å²) in [4.78, 5) is 27.4. The van der Waals surface area contributed by atoms with Crippen LogP contribution in [-0.4, -0.2) is 22.9 Å². The molecule has 78 valence electrons. The van der Waals surface area contributed by atoms with Gasteiger partial charge >= 0.3 is 21.6 Å². The van der Waals surface area contributed by atoms with Crippen LogP contribution >= 0.6 is 15.6 Å². The van der Waals surface area contributed by atoms with Gasteiger partial charge in [0.05, 0.1) is 0 Å². The smallest absolute Gasteiger partial charge is 0.371 e. The maximum atomic E-state index is 10.7. The van der Waals surface area contributed by atoms with Crippen LogP contribution in [0.3, 0.4) is 0 Å². The standard InChI is InChI=1S/C3H8O8P2/c1-3(4)10-13(7,8)11-12(5,6)9-2/h1-2H3,(H,5,6)(H,7,8). The van der Waals surface area contributed by atoms with E-state index in [2.05, 4.69) is 13.4 Å². The van der Waals surface area contributed by atoms with E-state index in [9.17, 15) is 13.9 Å². The summed E-state index contributed by atoms with van der Waals surface area (Å²) in [5.74, 6) is -1.12. The summed E-state index contributed by atoms with van der Waals surface area (Å²) < 4.78 is 32.4. The third-order valence-electron chi connectivity index (χ3n) is 0.681. The molecule has 0 aliphatic rings. The zero-order valence-electron chi connectivity index (χ0n) is 6.74. The van der Waals surface area contributed by atoms with Crippen molar-refractivity contribution in [2.24, 2.45) is 0 Å². The van der Waals surface area contributed by atoms with E-state index < -0.39 is 21.6 Å². The number of carbonyl (C=O) groups is 1. The average Bonchev–Trinajstić information content (AvgIpc) is 1.81.